The molecule has 3 nitrogen and oxygen atoms in total. The highest BCUT2D eigenvalue weighted by Gasteiger charge is 2.08. The Morgan fingerprint density at radius 3 is 2.23 bits per heavy atom. The van der Waals surface area contributed by atoms with Crippen LogP contribution in [0.1, 0.15) is 52.9 Å². The van der Waals surface area contributed by atoms with Gasteiger partial charge in [-0.3, -0.25) is 0 Å². The Labute approximate surface area is 81.2 Å². The first kappa shape index (κ1) is 12.3. The molecule has 0 saturated carbocycles. The molecule has 0 aliphatic heterocycles. The molecule has 0 radical (unpaired) electrons. The fourth-order valence-electron chi connectivity index (χ4n) is 1.24. The van der Waals surface area contributed by atoms with Crippen LogP contribution in [0.4, 0.5) is 0 Å². The molecule has 0 saturated heterocycles. The minimum Gasteiger partial charge on any atom is -0.0940 e. The quantitative estimate of drug-likeness (QED) is 0.255. The van der Waals surface area contributed by atoms with Crippen molar-refractivity contribution in [2.24, 2.45) is 10.5 Å². The lowest BCUT2D eigenvalue weighted by Crippen LogP contribution is -2.03. The van der Waals surface area contributed by atoms with Crippen molar-refractivity contribution in [2.45, 2.75) is 52.9 Å². The normalized spacial score (nSPS) is 11.0. The summed E-state index contributed by atoms with van der Waals surface area (Å²) in [6.45, 7) is 7.47. The fourth-order valence-corrected chi connectivity index (χ4v) is 1.24. The second kappa shape index (κ2) is 6.79. The van der Waals surface area contributed by atoms with Gasteiger partial charge in [-0.15, -0.1) is 0 Å². The van der Waals surface area contributed by atoms with Crippen LogP contribution in [0.15, 0.2) is 5.11 Å². The molecule has 3 heteroatoms. The third-order valence-corrected chi connectivity index (χ3v) is 2.00. The molecule has 0 fully saturated rings. The molecule has 0 aliphatic rings. The van der Waals surface area contributed by atoms with Gasteiger partial charge in [0.15, 0.2) is 0 Å². The molecule has 76 valence electrons. The number of nitrogens with zero attached hydrogens (tertiary/aromatic N) is 3. The number of hydrogen-bond donors (Lipinski definition) is 0. The lowest BCUT2D eigenvalue weighted by atomic mass is 9.89. The highest BCUT2D eigenvalue weighted by Crippen LogP contribution is 2.22. The molecular weight excluding hydrogens is 162 g/mol. The second-order valence-electron chi connectivity index (χ2n) is 4.68. The molecule has 0 aromatic carbocycles. The summed E-state index contributed by atoms with van der Waals surface area (Å²) in [5, 5.41) is 3.50. The van der Waals surface area contributed by atoms with Crippen LogP contribution in [0.25, 0.3) is 10.4 Å². The Bertz CT molecular complexity index is 163. The molecular formula is C10H21N3. The number of unbranched alkanes of at least 4 members (excludes halogenated alkanes) is 3. The van der Waals surface area contributed by atoms with Gasteiger partial charge >= 0.3 is 0 Å². The van der Waals surface area contributed by atoms with Gasteiger partial charge in [0.2, 0.25) is 0 Å². The molecule has 13 heavy (non-hydrogen) atoms. The zero-order valence-electron chi connectivity index (χ0n) is 9.08. The smallest absolute Gasteiger partial charge is 0.0257 e. The molecule has 0 N–H and O–H groups in total. The SMILES string of the molecule is CC(C)(C)CCCCCCN=[N+]=[N-]. The molecule has 0 bridgehead atoms. The predicted octanol–water partition coefficient (Wildman–Crippen LogP) is 4.29. The first-order valence-corrected chi connectivity index (χ1v) is 5.07. The molecule has 0 aromatic rings. The van der Waals surface area contributed by atoms with Gasteiger partial charge in [0.05, 0.1) is 0 Å². The average Bonchev–Trinajstić information content (AvgIpc) is 2.01. The van der Waals surface area contributed by atoms with Crippen molar-refractivity contribution in [3.8, 4) is 0 Å². The summed E-state index contributed by atoms with van der Waals surface area (Å²) in [4.78, 5) is 2.72. The van der Waals surface area contributed by atoms with Crippen LogP contribution in [0, 0.1) is 5.41 Å². The summed E-state index contributed by atoms with van der Waals surface area (Å²) >= 11 is 0. The molecule has 0 spiro atoms. The van der Waals surface area contributed by atoms with Gasteiger partial charge in [-0.1, -0.05) is 45.1 Å². The Kier molecular flexibility index (Phi) is 6.43. The van der Waals surface area contributed by atoms with Gasteiger partial charge in [-0.05, 0) is 23.8 Å². The predicted molar refractivity (Wildman–Crippen MR) is 56.6 cm³/mol. The second-order valence-corrected chi connectivity index (χ2v) is 4.68. The van der Waals surface area contributed by atoms with Gasteiger partial charge in [-0.25, -0.2) is 0 Å². The Hall–Kier alpha value is -0.690. The van der Waals surface area contributed by atoms with Crippen LogP contribution in [0.3, 0.4) is 0 Å². The Morgan fingerprint density at radius 1 is 1.08 bits per heavy atom. The third kappa shape index (κ3) is 11.3. The maximum Gasteiger partial charge on any atom is 0.0257 e. The van der Waals surface area contributed by atoms with Crippen LogP contribution in [0.5, 0.6) is 0 Å². The van der Waals surface area contributed by atoms with Crippen molar-refractivity contribution >= 4 is 0 Å². The van der Waals surface area contributed by atoms with Gasteiger partial charge < -0.3 is 0 Å². The number of hydrogen-bond acceptors (Lipinski definition) is 1. The number of rotatable bonds is 6. The van der Waals surface area contributed by atoms with Gasteiger partial charge in [0.25, 0.3) is 0 Å². The lowest BCUT2D eigenvalue weighted by Gasteiger charge is -2.17. The van der Waals surface area contributed by atoms with Crippen molar-refractivity contribution in [1.29, 1.82) is 0 Å². The first-order valence-electron chi connectivity index (χ1n) is 5.07. The van der Waals surface area contributed by atoms with Crippen molar-refractivity contribution in [2.75, 3.05) is 6.54 Å². The Morgan fingerprint density at radius 2 is 1.69 bits per heavy atom. The van der Waals surface area contributed by atoms with Crippen molar-refractivity contribution in [3.63, 3.8) is 0 Å². The summed E-state index contributed by atoms with van der Waals surface area (Å²) in [7, 11) is 0. The fraction of sp³-hybridized carbons (Fsp3) is 1.00. The molecule has 0 amide bonds. The topological polar surface area (TPSA) is 48.8 Å². The largest absolute Gasteiger partial charge is 0.0940 e. The average molecular weight is 183 g/mol. The van der Waals surface area contributed by atoms with E-state index in [0.717, 1.165) is 6.42 Å². The van der Waals surface area contributed by atoms with E-state index < -0.39 is 0 Å². The third-order valence-electron chi connectivity index (χ3n) is 2.00. The molecule has 0 unspecified atom stereocenters. The van der Waals surface area contributed by atoms with Gasteiger partial charge in [-0.2, -0.15) is 0 Å². The maximum atomic E-state index is 8.03. The zero-order chi connectivity index (χ0) is 10.2. The van der Waals surface area contributed by atoms with Crippen LogP contribution < -0.4 is 0 Å². The van der Waals surface area contributed by atoms with E-state index in [1.54, 1.807) is 0 Å². The van der Waals surface area contributed by atoms with Crippen LogP contribution >= 0.6 is 0 Å². The van der Waals surface area contributed by atoms with E-state index in [0.29, 0.717) is 12.0 Å². The summed E-state index contributed by atoms with van der Waals surface area (Å²) < 4.78 is 0. The summed E-state index contributed by atoms with van der Waals surface area (Å²) in [6, 6.07) is 0. The molecule has 0 atom stereocenters. The highest BCUT2D eigenvalue weighted by molar-refractivity contribution is 4.61. The Balaban J connectivity index is 3.13. The number of azide groups is 1. The van der Waals surface area contributed by atoms with Crippen LogP contribution in [-0.2, 0) is 0 Å². The van der Waals surface area contributed by atoms with E-state index in [-0.39, 0.29) is 0 Å². The molecule has 0 heterocycles. The monoisotopic (exact) mass is 183 g/mol. The molecule has 0 aromatic heterocycles. The van der Waals surface area contributed by atoms with Crippen LogP contribution in [0.2, 0.25) is 0 Å². The summed E-state index contributed by atoms with van der Waals surface area (Å²) in [5.74, 6) is 0. The van der Waals surface area contributed by atoms with E-state index in [9.17, 15) is 0 Å². The van der Waals surface area contributed by atoms with E-state index >= 15 is 0 Å². The molecule has 0 aliphatic carbocycles. The van der Waals surface area contributed by atoms with Gasteiger partial charge in [0, 0.05) is 11.5 Å². The minimum atomic E-state index is 0.463. The lowest BCUT2D eigenvalue weighted by molar-refractivity contribution is 0.357. The first-order chi connectivity index (χ1) is 6.06. The minimum absolute atomic E-state index is 0.463. The van der Waals surface area contributed by atoms with E-state index in [1.807, 2.05) is 0 Å². The zero-order valence-corrected chi connectivity index (χ0v) is 9.08. The van der Waals surface area contributed by atoms with Crippen molar-refractivity contribution in [3.05, 3.63) is 10.4 Å². The summed E-state index contributed by atoms with van der Waals surface area (Å²) in [5.41, 5.74) is 8.50. The summed E-state index contributed by atoms with van der Waals surface area (Å²) in [6.07, 6.45) is 6.07. The maximum absolute atomic E-state index is 8.03. The van der Waals surface area contributed by atoms with Crippen molar-refractivity contribution < 1.29 is 0 Å². The van der Waals surface area contributed by atoms with Gasteiger partial charge in [0.1, 0.15) is 0 Å². The van der Waals surface area contributed by atoms with E-state index in [4.69, 9.17) is 5.53 Å². The molecule has 0 rings (SSSR count). The standard InChI is InChI=1S/C10H21N3/c1-10(2,3)8-6-4-5-7-9-12-13-11/h4-9H2,1-3H3. The van der Waals surface area contributed by atoms with Crippen LogP contribution in [-0.4, -0.2) is 6.54 Å². The van der Waals surface area contributed by atoms with E-state index in [2.05, 4.69) is 30.8 Å². The highest BCUT2D eigenvalue weighted by atomic mass is 15.1. The van der Waals surface area contributed by atoms with E-state index in [1.165, 1.54) is 25.7 Å². The van der Waals surface area contributed by atoms with Crippen molar-refractivity contribution in [1.82, 2.24) is 0 Å².